The number of carbonyl (C=O) groups is 1. The number of carbonyl (C=O) groups excluding carboxylic acids is 1. The lowest BCUT2D eigenvalue weighted by Crippen LogP contribution is -2.04. The van der Waals surface area contributed by atoms with Crippen molar-refractivity contribution >= 4 is 26.8 Å². The molecular formula is C20H20O6S. The number of fused-ring (bicyclic) bond motifs is 1. The van der Waals surface area contributed by atoms with Gasteiger partial charge >= 0.3 is 5.97 Å². The average Bonchev–Trinajstić information content (AvgIpc) is 3.05. The molecule has 0 bridgehead atoms. The van der Waals surface area contributed by atoms with Gasteiger partial charge in [0.2, 0.25) is 0 Å². The second-order valence-corrected chi connectivity index (χ2v) is 8.03. The lowest BCUT2D eigenvalue weighted by molar-refractivity contribution is 0.0526. The van der Waals surface area contributed by atoms with E-state index in [1.54, 1.807) is 31.2 Å². The zero-order valence-corrected chi connectivity index (χ0v) is 16.1. The Morgan fingerprint density at radius 3 is 2.37 bits per heavy atom. The van der Waals surface area contributed by atoms with Crippen LogP contribution in [0.4, 0.5) is 0 Å². The van der Waals surface area contributed by atoms with Gasteiger partial charge in [0.1, 0.15) is 22.8 Å². The van der Waals surface area contributed by atoms with Crippen LogP contribution in [0.15, 0.2) is 51.8 Å². The summed E-state index contributed by atoms with van der Waals surface area (Å²) >= 11 is 0. The van der Waals surface area contributed by atoms with Crippen molar-refractivity contribution in [1.29, 1.82) is 0 Å². The fourth-order valence-electron chi connectivity index (χ4n) is 2.63. The zero-order valence-electron chi connectivity index (χ0n) is 15.3. The third-order valence-corrected chi connectivity index (χ3v) is 5.12. The van der Waals surface area contributed by atoms with E-state index < -0.39 is 15.8 Å². The number of esters is 1. The van der Waals surface area contributed by atoms with Crippen LogP contribution in [0.5, 0.6) is 11.5 Å². The molecule has 1 heterocycles. The van der Waals surface area contributed by atoms with Crippen LogP contribution in [0.2, 0.25) is 0 Å². The molecule has 0 N–H and O–H groups in total. The molecule has 0 fully saturated rings. The Morgan fingerprint density at radius 2 is 1.78 bits per heavy atom. The first-order valence-corrected chi connectivity index (χ1v) is 10.4. The van der Waals surface area contributed by atoms with Crippen LogP contribution in [0.3, 0.4) is 0 Å². The normalized spacial score (nSPS) is 11.5. The molecule has 0 unspecified atom stereocenters. The summed E-state index contributed by atoms with van der Waals surface area (Å²) in [7, 11) is -3.28. The van der Waals surface area contributed by atoms with E-state index in [1.807, 2.05) is 13.0 Å². The maximum Gasteiger partial charge on any atom is 0.338 e. The molecule has 0 radical (unpaired) electrons. The van der Waals surface area contributed by atoms with Gasteiger partial charge in [-0.2, -0.15) is 0 Å². The highest BCUT2D eigenvalue weighted by molar-refractivity contribution is 7.90. The third kappa shape index (κ3) is 4.14. The lowest BCUT2D eigenvalue weighted by atomic mass is 10.1. The highest BCUT2D eigenvalue weighted by atomic mass is 32.2. The van der Waals surface area contributed by atoms with Gasteiger partial charge in [-0.1, -0.05) is 6.92 Å². The zero-order chi connectivity index (χ0) is 19.6. The van der Waals surface area contributed by atoms with E-state index >= 15 is 0 Å². The lowest BCUT2D eigenvalue weighted by Gasteiger charge is -2.09. The minimum atomic E-state index is -3.28. The molecule has 6 nitrogen and oxygen atoms in total. The number of aryl methyl sites for hydroxylation is 1. The van der Waals surface area contributed by atoms with Crippen molar-refractivity contribution in [3.05, 3.63) is 53.8 Å². The summed E-state index contributed by atoms with van der Waals surface area (Å²) in [5.41, 5.74) is 0.851. The molecular weight excluding hydrogens is 368 g/mol. The molecule has 1 aromatic heterocycles. The molecule has 0 aliphatic carbocycles. The summed E-state index contributed by atoms with van der Waals surface area (Å²) in [6, 6.07) is 11.2. The summed E-state index contributed by atoms with van der Waals surface area (Å²) in [5.74, 6) is 1.18. The fourth-order valence-corrected chi connectivity index (χ4v) is 3.26. The van der Waals surface area contributed by atoms with Gasteiger partial charge in [-0.15, -0.1) is 0 Å². The quantitative estimate of drug-likeness (QED) is 0.583. The summed E-state index contributed by atoms with van der Waals surface area (Å²) in [4.78, 5) is 12.3. The van der Waals surface area contributed by atoms with Gasteiger partial charge in [0.05, 0.1) is 22.5 Å². The minimum absolute atomic E-state index is 0.205. The van der Waals surface area contributed by atoms with Crippen molar-refractivity contribution in [2.24, 2.45) is 0 Å². The summed E-state index contributed by atoms with van der Waals surface area (Å²) in [5, 5.41) is 0.729. The van der Waals surface area contributed by atoms with Crippen molar-refractivity contribution in [1.82, 2.24) is 0 Å². The van der Waals surface area contributed by atoms with Crippen molar-refractivity contribution in [2.75, 3.05) is 12.9 Å². The van der Waals surface area contributed by atoms with E-state index in [1.165, 1.54) is 12.1 Å². The van der Waals surface area contributed by atoms with Crippen LogP contribution in [-0.4, -0.2) is 27.2 Å². The SMILES string of the molecule is CCOC(=O)c1cc(Oc2ccc(S(C)(=O)=O)cc2)c2cc(CC)oc2c1. The molecule has 0 saturated heterocycles. The van der Waals surface area contributed by atoms with Crippen LogP contribution in [0, 0.1) is 0 Å². The fraction of sp³-hybridized carbons (Fsp3) is 0.250. The smallest absolute Gasteiger partial charge is 0.338 e. The molecule has 0 amide bonds. The number of benzene rings is 2. The second kappa shape index (κ2) is 7.44. The first kappa shape index (κ1) is 19.0. The molecule has 7 heteroatoms. The first-order valence-electron chi connectivity index (χ1n) is 8.53. The van der Waals surface area contributed by atoms with Crippen LogP contribution in [-0.2, 0) is 21.0 Å². The first-order chi connectivity index (χ1) is 12.8. The molecule has 142 valence electrons. The molecule has 0 saturated carbocycles. The Balaban J connectivity index is 2.03. The van der Waals surface area contributed by atoms with Gasteiger partial charge in [0.15, 0.2) is 9.84 Å². The topological polar surface area (TPSA) is 82.8 Å². The number of ether oxygens (including phenoxy) is 2. The number of sulfone groups is 1. The Hall–Kier alpha value is -2.80. The van der Waals surface area contributed by atoms with Crippen LogP contribution in [0.25, 0.3) is 11.0 Å². The highest BCUT2D eigenvalue weighted by Gasteiger charge is 2.16. The maximum absolute atomic E-state index is 12.1. The number of rotatable bonds is 6. The van der Waals surface area contributed by atoms with Gasteiger partial charge in [-0.3, -0.25) is 0 Å². The van der Waals surface area contributed by atoms with E-state index in [9.17, 15) is 13.2 Å². The van der Waals surface area contributed by atoms with E-state index in [2.05, 4.69) is 0 Å². The Labute approximate surface area is 157 Å². The Morgan fingerprint density at radius 1 is 1.07 bits per heavy atom. The number of hydrogen-bond donors (Lipinski definition) is 0. The predicted molar refractivity (Wildman–Crippen MR) is 101 cm³/mol. The summed E-state index contributed by atoms with van der Waals surface area (Å²) < 4.78 is 39.9. The summed E-state index contributed by atoms with van der Waals surface area (Å²) in [6.45, 7) is 3.96. The molecule has 3 aromatic rings. The largest absolute Gasteiger partial charge is 0.462 e. The molecule has 0 aliphatic heterocycles. The molecule has 0 aliphatic rings. The molecule has 0 atom stereocenters. The standard InChI is InChI=1S/C20H20O6S/c1-4-14-12-17-18(25-14)10-13(20(21)24-5-2)11-19(17)26-15-6-8-16(9-7-15)27(3,22)23/h6-12H,4-5H2,1-3H3. The average molecular weight is 388 g/mol. The van der Waals surface area contributed by atoms with Crippen LogP contribution in [0.1, 0.15) is 30.0 Å². The Kier molecular flexibility index (Phi) is 5.23. The molecule has 0 spiro atoms. The van der Waals surface area contributed by atoms with Crippen LogP contribution < -0.4 is 4.74 Å². The van der Waals surface area contributed by atoms with E-state index in [0.29, 0.717) is 29.1 Å². The van der Waals surface area contributed by atoms with Gasteiger partial charge < -0.3 is 13.9 Å². The van der Waals surface area contributed by atoms with E-state index in [0.717, 1.165) is 17.4 Å². The number of hydrogen-bond acceptors (Lipinski definition) is 6. The molecule has 3 rings (SSSR count). The molecule has 2 aromatic carbocycles. The van der Waals surface area contributed by atoms with Crippen molar-refractivity contribution in [3.8, 4) is 11.5 Å². The third-order valence-electron chi connectivity index (χ3n) is 3.99. The van der Waals surface area contributed by atoms with Crippen molar-refractivity contribution < 1.29 is 27.1 Å². The van der Waals surface area contributed by atoms with E-state index in [-0.39, 0.29) is 11.5 Å². The number of furan rings is 1. The van der Waals surface area contributed by atoms with E-state index in [4.69, 9.17) is 13.9 Å². The minimum Gasteiger partial charge on any atom is -0.462 e. The van der Waals surface area contributed by atoms with Gasteiger partial charge in [0.25, 0.3) is 0 Å². The Bertz CT molecular complexity index is 1080. The maximum atomic E-state index is 12.1. The second-order valence-electron chi connectivity index (χ2n) is 6.02. The molecule has 27 heavy (non-hydrogen) atoms. The highest BCUT2D eigenvalue weighted by Crippen LogP contribution is 2.34. The summed E-state index contributed by atoms with van der Waals surface area (Å²) in [6.07, 6.45) is 1.85. The van der Waals surface area contributed by atoms with Gasteiger partial charge in [-0.25, -0.2) is 13.2 Å². The van der Waals surface area contributed by atoms with Gasteiger partial charge in [-0.05, 0) is 49.4 Å². The van der Waals surface area contributed by atoms with Crippen LogP contribution >= 0.6 is 0 Å². The monoisotopic (exact) mass is 388 g/mol. The van der Waals surface area contributed by atoms with Gasteiger partial charge in [0, 0.05) is 12.7 Å². The predicted octanol–water partition coefficient (Wildman–Crippen LogP) is 4.37. The van der Waals surface area contributed by atoms with Crippen molar-refractivity contribution in [3.63, 3.8) is 0 Å². The van der Waals surface area contributed by atoms with Crippen molar-refractivity contribution in [2.45, 2.75) is 25.2 Å².